The van der Waals surface area contributed by atoms with Gasteiger partial charge in [0.2, 0.25) is 5.91 Å². The molecule has 0 N–H and O–H groups in total. The minimum Gasteiger partial charge on any atom is -0.324 e. The quantitative estimate of drug-likeness (QED) is 0.456. The molecule has 3 amide bonds. The molecule has 182 valence electrons. The highest BCUT2D eigenvalue weighted by Crippen LogP contribution is 2.46. The smallest absolute Gasteiger partial charge is 0.324 e. The molecule has 34 heavy (non-hydrogen) atoms. The second-order valence-corrected chi connectivity index (χ2v) is 11.0. The van der Waals surface area contributed by atoms with E-state index in [1.54, 1.807) is 32.6 Å². The van der Waals surface area contributed by atoms with Gasteiger partial charge in [-0.3, -0.25) is 19.3 Å². The molecule has 0 unspecified atom stereocenters. The molecule has 6 heteroatoms. The number of aryl methyl sites for hydroxylation is 2. The van der Waals surface area contributed by atoms with Crippen LogP contribution < -0.4 is 0 Å². The van der Waals surface area contributed by atoms with E-state index in [2.05, 4.69) is 11.8 Å². The Kier molecular flexibility index (Phi) is 7.07. The molecule has 1 aromatic carbocycles. The zero-order valence-electron chi connectivity index (χ0n) is 21.5. The number of carbonyl (C=O) groups excluding carboxylic acids is 4. The fourth-order valence-corrected chi connectivity index (χ4v) is 5.48. The first kappa shape index (κ1) is 25.7. The molecule has 2 fully saturated rings. The zero-order chi connectivity index (χ0) is 25.4. The first-order chi connectivity index (χ1) is 15.8. The van der Waals surface area contributed by atoms with Gasteiger partial charge in [-0.2, -0.15) is 0 Å². The Morgan fingerprint density at radius 1 is 1.03 bits per heavy atom. The van der Waals surface area contributed by atoms with Gasteiger partial charge in [-0.1, -0.05) is 26.7 Å². The summed E-state index contributed by atoms with van der Waals surface area (Å²) < 4.78 is 0. The molecular weight excluding hydrogens is 428 g/mol. The van der Waals surface area contributed by atoms with Crippen molar-refractivity contribution in [1.82, 2.24) is 9.80 Å². The van der Waals surface area contributed by atoms with Crippen molar-refractivity contribution in [3.8, 4) is 11.8 Å². The fourth-order valence-electron chi connectivity index (χ4n) is 5.48. The summed E-state index contributed by atoms with van der Waals surface area (Å²) in [6, 6.07) is 3.58. The number of ketones is 2. The van der Waals surface area contributed by atoms with Crippen molar-refractivity contribution in [1.29, 1.82) is 0 Å². The normalized spacial score (nSPS) is 18.5. The van der Waals surface area contributed by atoms with Crippen LogP contribution in [0.3, 0.4) is 0 Å². The number of Topliss-reactive ketones (excluding diaryl/α,β-unsaturated/α-hetero) is 2. The van der Waals surface area contributed by atoms with Crippen LogP contribution in [-0.4, -0.2) is 53.4 Å². The Labute approximate surface area is 203 Å². The van der Waals surface area contributed by atoms with Gasteiger partial charge < -0.3 is 4.90 Å². The van der Waals surface area contributed by atoms with E-state index >= 15 is 0 Å². The molecule has 0 radical (unpaired) electrons. The number of rotatable bonds is 1. The second-order valence-electron chi connectivity index (χ2n) is 11.0. The van der Waals surface area contributed by atoms with E-state index in [0.29, 0.717) is 38.8 Å². The first-order valence-corrected chi connectivity index (χ1v) is 12.0. The van der Waals surface area contributed by atoms with E-state index in [-0.39, 0.29) is 23.5 Å². The number of hydrogen-bond acceptors (Lipinski definition) is 4. The molecular formula is C28H36N2O4. The highest BCUT2D eigenvalue weighted by molar-refractivity contribution is 6.10. The molecule has 0 aromatic heterocycles. The number of imide groups is 1. The van der Waals surface area contributed by atoms with Crippen LogP contribution >= 0.6 is 0 Å². The summed E-state index contributed by atoms with van der Waals surface area (Å²) in [5.74, 6) is 4.93. The molecule has 0 atom stereocenters. The number of amides is 3. The summed E-state index contributed by atoms with van der Waals surface area (Å²) >= 11 is 0. The van der Waals surface area contributed by atoms with Gasteiger partial charge in [-0.05, 0) is 67.9 Å². The lowest BCUT2D eigenvalue weighted by molar-refractivity contribution is -0.138. The SMILES string of the molecule is CC#Cc1cc(C)c(C2C(=O)CC3(CCN(C(=O)N(C)C(=O)C(C)(C)C)CC3)CC2=O)c(C)c1. The van der Waals surface area contributed by atoms with E-state index in [4.69, 9.17) is 0 Å². The van der Waals surface area contributed by atoms with Gasteiger partial charge in [-0.25, -0.2) is 4.79 Å². The third kappa shape index (κ3) is 4.94. The van der Waals surface area contributed by atoms with Crippen LogP contribution in [0.2, 0.25) is 0 Å². The third-order valence-electron chi connectivity index (χ3n) is 7.22. The molecule has 6 nitrogen and oxygen atoms in total. The lowest BCUT2D eigenvalue weighted by atomic mass is 9.62. The molecule has 1 saturated carbocycles. The monoisotopic (exact) mass is 464 g/mol. The minimum atomic E-state index is -0.718. The van der Waals surface area contributed by atoms with Crippen LogP contribution in [0.4, 0.5) is 4.79 Å². The van der Waals surface area contributed by atoms with Gasteiger partial charge in [0.25, 0.3) is 0 Å². The lowest BCUT2D eigenvalue weighted by Crippen LogP contribution is -2.53. The fraction of sp³-hybridized carbons (Fsp3) is 0.571. The lowest BCUT2D eigenvalue weighted by Gasteiger charge is -2.45. The highest BCUT2D eigenvalue weighted by atomic mass is 16.2. The summed E-state index contributed by atoms with van der Waals surface area (Å²) in [5, 5.41) is 0. The highest BCUT2D eigenvalue weighted by Gasteiger charge is 2.48. The van der Waals surface area contributed by atoms with Gasteiger partial charge in [0.15, 0.2) is 0 Å². The summed E-state index contributed by atoms with van der Waals surface area (Å²) in [5.41, 5.74) is 2.52. The minimum absolute atomic E-state index is 0.0309. The molecule has 3 rings (SSSR count). The Balaban J connectivity index is 1.73. The maximum atomic E-state index is 13.3. The van der Waals surface area contributed by atoms with Crippen LogP contribution in [0.25, 0.3) is 0 Å². The predicted octanol–water partition coefficient (Wildman–Crippen LogP) is 4.40. The summed E-state index contributed by atoms with van der Waals surface area (Å²) in [7, 11) is 1.51. The molecule has 1 spiro atoms. The third-order valence-corrected chi connectivity index (χ3v) is 7.22. The maximum absolute atomic E-state index is 13.3. The van der Waals surface area contributed by atoms with Crippen LogP contribution in [0, 0.1) is 36.5 Å². The molecule has 1 saturated heterocycles. The van der Waals surface area contributed by atoms with Gasteiger partial charge in [0.05, 0.1) is 0 Å². The van der Waals surface area contributed by atoms with Crippen LogP contribution in [0.15, 0.2) is 12.1 Å². The van der Waals surface area contributed by atoms with Crippen LogP contribution in [-0.2, 0) is 14.4 Å². The number of piperidine rings is 1. The average Bonchev–Trinajstić information content (AvgIpc) is 2.73. The number of nitrogens with zero attached hydrogens (tertiary/aromatic N) is 2. The van der Waals surface area contributed by atoms with Crippen LogP contribution in [0.1, 0.15) is 81.5 Å². The molecule has 1 heterocycles. The number of carbonyl (C=O) groups is 4. The Morgan fingerprint density at radius 3 is 1.97 bits per heavy atom. The van der Waals surface area contributed by atoms with E-state index < -0.39 is 16.7 Å². The van der Waals surface area contributed by atoms with Crippen molar-refractivity contribution in [2.75, 3.05) is 20.1 Å². The van der Waals surface area contributed by atoms with Gasteiger partial charge in [0, 0.05) is 44.0 Å². The van der Waals surface area contributed by atoms with E-state index in [1.165, 1.54) is 11.9 Å². The molecule has 1 aliphatic carbocycles. The van der Waals surface area contributed by atoms with Crippen molar-refractivity contribution in [3.05, 3.63) is 34.4 Å². The number of likely N-dealkylation sites (tertiary alicyclic amines) is 1. The Bertz CT molecular complexity index is 1050. The maximum Gasteiger partial charge on any atom is 0.326 e. The predicted molar refractivity (Wildman–Crippen MR) is 131 cm³/mol. The van der Waals surface area contributed by atoms with Gasteiger partial charge in [0.1, 0.15) is 17.5 Å². The summed E-state index contributed by atoms with van der Waals surface area (Å²) in [4.78, 5) is 54.9. The van der Waals surface area contributed by atoms with Gasteiger partial charge in [-0.15, -0.1) is 5.92 Å². The van der Waals surface area contributed by atoms with Crippen molar-refractivity contribution >= 4 is 23.5 Å². The molecule has 2 aliphatic rings. The largest absolute Gasteiger partial charge is 0.326 e. The number of benzene rings is 1. The first-order valence-electron chi connectivity index (χ1n) is 12.0. The van der Waals surface area contributed by atoms with Crippen LogP contribution in [0.5, 0.6) is 0 Å². The standard InChI is InChI=1S/C28H36N2O4/c1-8-9-20-14-18(2)23(19(3)15-20)24-21(31)16-28(17-22(24)32)10-12-30(13-11-28)26(34)29(7)25(33)27(4,5)6/h14-15,24H,10-13,16-17H2,1-7H3. The van der Waals surface area contributed by atoms with Gasteiger partial charge >= 0.3 is 6.03 Å². The van der Waals surface area contributed by atoms with Crippen molar-refractivity contribution in [2.45, 2.75) is 73.1 Å². The van der Waals surface area contributed by atoms with E-state index in [0.717, 1.165) is 22.3 Å². The topological polar surface area (TPSA) is 74.8 Å². The second kappa shape index (κ2) is 9.37. The number of hydrogen-bond donors (Lipinski definition) is 0. The average molecular weight is 465 g/mol. The Morgan fingerprint density at radius 2 is 1.53 bits per heavy atom. The zero-order valence-corrected chi connectivity index (χ0v) is 21.5. The van der Waals surface area contributed by atoms with E-state index in [1.807, 2.05) is 26.0 Å². The molecule has 0 bridgehead atoms. The molecule has 1 aliphatic heterocycles. The summed E-state index contributed by atoms with van der Waals surface area (Å²) in [6.45, 7) is 11.9. The number of urea groups is 1. The van der Waals surface area contributed by atoms with Crippen molar-refractivity contribution < 1.29 is 19.2 Å². The van der Waals surface area contributed by atoms with Crippen molar-refractivity contribution in [2.24, 2.45) is 10.8 Å². The Hall–Kier alpha value is -2.94. The van der Waals surface area contributed by atoms with Crippen molar-refractivity contribution in [3.63, 3.8) is 0 Å². The van der Waals surface area contributed by atoms with E-state index in [9.17, 15) is 19.2 Å². The molecule has 1 aromatic rings. The summed E-state index contributed by atoms with van der Waals surface area (Å²) in [6.07, 6.45) is 1.86.